The fourth-order valence-corrected chi connectivity index (χ4v) is 4.90. The number of hydrogen-bond donors (Lipinski definition) is 2. The van der Waals surface area contributed by atoms with Crippen LogP contribution in [-0.4, -0.2) is 33.8 Å². The lowest BCUT2D eigenvalue weighted by Gasteiger charge is -2.14. The number of anilines is 2. The molecule has 0 saturated carbocycles. The molecule has 0 aliphatic heterocycles. The Morgan fingerprint density at radius 3 is 2.09 bits per heavy atom. The summed E-state index contributed by atoms with van der Waals surface area (Å²) in [5.74, 6) is 1.00. The van der Waals surface area contributed by atoms with Crippen molar-refractivity contribution in [2.24, 2.45) is 0 Å². The Balaban J connectivity index is 1.63. The zero-order valence-corrected chi connectivity index (χ0v) is 20.4. The third kappa shape index (κ3) is 6.43. The molecule has 0 unspecified atom stereocenters. The van der Waals surface area contributed by atoms with Crippen LogP contribution in [0, 0.1) is 6.92 Å². The van der Waals surface area contributed by atoms with E-state index in [1.165, 1.54) is 23.9 Å². The number of carbonyl (C=O) groups excluding carboxylic acids is 1. The van der Waals surface area contributed by atoms with Crippen LogP contribution < -0.4 is 19.5 Å². The fraction of sp³-hybridized carbons (Fsp3) is 0.208. The molecule has 0 aromatic heterocycles. The van der Waals surface area contributed by atoms with Gasteiger partial charge in [-0.15, -0.1) is 11.8 Å². The Labute approximate surface area is 198 Å². The highest BCUT2D eigenvalue weighted by Gasteiger charge is 2.18. The minimum absolute atomic E-state index is 0.105. The molecule has 2 N–H and O–H groups in total. The van der Waals surface area contributed by atoms with Crippen LogP contribution in [0.3, 0.4) is 0 Å². The summed E-state index contributed by atoms with van der Waals surface area (Å²) in [5, 5.41) is 2.42. The van der Waals surface area contributed by atoms with Crippen LogP contribution in [0.4, 0.5) is 11.4 Å². The van der Waals surface area contributed by atoms with E-state index < -0.39 is 15.3 Å². The van der Waals surface area contributed by atoms with Gasteiger partial charge in [-0.25, -0.2) is 8.42 Å². The summed E-state index contributed by atoms with van der Waals surface area (Å²) < 4.78 is 38.3. The highest BCUT2D eigenvalue weighted by Crippen LogP contribution is 2.33. The number of amides is 1. The average Bonchev–Trinajstić information content (AvgIpc) is 2.80. The predicted molar refractivity (Wildman–Crippen MR) is 132 cm³/mol. The molecule has 0 spiro atoms. The Kier molecular flexibility index (Phi) is 7.88. The molecular formula is C24H26N2O5S2. The van der Waals surface area contributed by atoms with Crippen LogP contribution in [0.1, 0.15) is 12.5 Å². The first kappa shape index (κ1) is 24.5. The van der Waals surface area contributed by atoms with E-state index in [1.807, 2.05) is 31.2 Å². The molecule has 0 heterocycles. The number of carbonyl (C=O) groups is 1. The topological polar surface area (TPSA) is 93.7 Å². The lowest BCUT2D eigenvalue weighted by atomic mass is 10.2. The number of aryl methyl sites for hydroxylation is 1. The van der Waals surface area contributed by atoms with Gasteiger partial charge >= 0.3 is 0 Å². The highest BCUT2D eigenvalue weighted by molar-refractivity contribution is 8.00. The average molecular weight is 487 g/mol. The molecule has 0 saturated heterocycles. The van der Waals surface area contributed by atoms with Crippen LogP contribution in [-0.2, 0) is 14.8 Å². The maximum Gasteiger partial charge on any atom is 0.261 e. The molecule has 0 fully saturated rings. The molecule has 33 heavy (non-hydrogen) atoms. The Bertz CT molecular complexity index is 1210. The predicted octanol–water partition coefficient (Wildman–Crippen LogP) is 4.93. The molecule has 7 nitrogen and oxygen atoms in total. The molecule has 3 aromatic rings. The van der Waals surface area contributed by atoms with Crippen LogP contribution >= 0.6 is 11.8 Å². The molecule has 174 valence electrons. The van der Waals surface area contributed by atoms with E-state index in [9.17, 15) is 13.2 Å². The monoisotopic (exact) mass is 486 g/mol. The van der Waals surface area contributed by atoms with Crippen molar-refractivity contribution in [2.45, 2.75) is 28.9 Å². The van der Waals surface area contributed by atoms with Gasteiger partial charge in [-0.05, 0) is 68.4 Å². The third-order valence-electron chi connectivity index (χ3n) is 4.77. The summed E-state index contributed by atoms with van der Waals surface area (Å²) in [6.45, 7) is 3.72. The summed E-state index contributed by atoms with van der Waals surface area (Å²) in [5.41, 5.74) is 2.03. The number of rotatable bonds is 9. The van der Waals surface area contributed by atoms with Crippen molar-refractivity contribution in [2.75, 3.05) is 24.3 Å². The van der Waals surface area contributed by atoms with Gasteiger partial charge in [0.1, 0.15) is 0 Å². The molecule has 0 aliphatic carbocycles. The molecule has 0 aliphatic rings. The smallest absolute Gasteiger partial charge is 0.261 e. The van der Waals surface area contributed by atoms with E-state index in [-0.39, 0.29) is 10.8 Å². The minimum atomic E-state index is -3.73. The van der Waals surface area contributed by atoms with Gasteiger partial charge in [0.2, 0.25) is 5.91 Å². The number of thioether (sulfide) groups is 1. The Hall–Kier alpha value is -3.17. The summed E-state index contributed by atoms with van der Waals surface area (Å²) >= 11 is 1.38. The van der Waals surface area contributed by atoms with Crippen molar-refractivity contribution in [3.63, 3.8) is 0 Å². The second-order valence-corrected chi connectivity index (χ2v) is 10.4. The van der Waals surface area contributed by atoms with E-state index in [4.69, 9.17) is 9.47 Å². The second kappa shape index (κ2) is 10.6. The van der Waals surface area contributed by atoms with Crippen molar-refractivity contribution in [3.05, 3.63) is 72.3 Å². The van der Waals surface area contributed by atoms with Crippen molar-refractivity contribution < 1.29 is 22.7 Å². The number of ether oxygens (including phenoxy) is 2. The maximum absolute atomic E-state index is 12.6. The SMILES string of the molecule is COc1ccc(S[C@H](C)C(=O)Nc2ccc(S(=O)(=O)Nc3ccc(C)cc3)cc2)cc1OC. The van der Waals surface area contributed by atoms with Gasteiger partial charge in [-0.3, -0.25) is 9.52 Å². The largest absolute Gasteiger partial charge is 0.493 e. The molecule has 9 heteroatoms. The number of nitrogens with one attached hydrogen (secondary N) is 2. The summed E-state index contributed by atoms with van der Waals surface area (Å²) in [6.07, 6.45) is 0. The highest BCUT2D eigenvalue weighted by atomic mass is 32.2. The molecule has 0 bridgehead atoms. The zero-order valence-electron chi connectivity index (χ0n) is 18.8. The second-order valence-electron chi connectivity index (χ2n) is 7.26. The molecule has 1 amide bonds. The number of benzene rings is 3. The van der Waals surface area contributed by atoms with Crippen LogP contribution in [0.25, 0.3) is 0 Å². The molecule has 0 radical (unpaired) electrons. The minimum Gasteiger partial charge on any atom is -0.493 e. The summed E-state index contributed by atoms with van der Waals surface area (Å²) in [6, 6.07) is 18.6. The standard InChI is InChI=1S/C24H26N2O5S2/c1-16-5-7-19(8-6-16)26-33(28,29)21-12-9-18(10-13-21)25-24(27)17(2)32-20-11-14-22(30-3)23(15-20)31-4/h5-15,17,26H,1-4H3,(H,25,27)/t17-/m1/s1. The molecular weight excluding hydrogens is 460 g/mol. The van der Waals surface area contributed by atoms with Crippen LogP contribution in [0.5, 0.6) is 11.5 Å². The zero-order chi connectivity index (χ0) is 24.0. The summed E-state index contributed by atoms with van der Waals surface area (Å²) in [7, 11) is -0.606. The van der Waals surface area contributed by atoms with Crippen LogP contribution in [0.2, 0.25) is 0 Å². The summed E-state index contributed by atoms with van der Waals surface area (Å²) in [4.78, 5) is 13.6. The lowest BCUT2D eigenvalue weighted by Crippen LogP contribution is -2.22. The first-order chi connectivity index (χ1) is 15.7. The first-order valence-electron chi connectivity index (χ1n) is 10.1. The normalized spacial score (nSPS) is 12.0. The van der Waals surface area contributed by atoms with Gasteiger partial charge in [-0.1, -0.05) is 17.7 Å². The Morgan fingerprint density at radius 2 is 1.48 bits per heavy atom. The van der Waals surface area contributed by atoms with E-state index in [1.54, 1.807) is 51.5 Å². The number of sulfonamides is 1. The van der Waals surface area contributed by atoms with Crippen LogP contribution in [0.15, 0.2) is 76.5 Å². The Morgan fingerprint density at radius 1 is 0.879 bits per heavy atom. The maximum atomic E-state index is 12.6. The fourth-order valence-electron chi connectivity index (χ4n) is 2.94. The van der Waals surface area contributed by atoms with Gasteiger partial charge in [-0.2, -0.15) is 0 Å². The molecule has 3 rings (SSSR count). The third-order valence-corrected chi connectivity index (χ3v) is 7.26. The van der Waals surface area contributed by atoms with Crippen molar-refractivity contribution in [1.29, 1.82) is 0 Å². The van der Waals surface area contributed by atoms with E-state index >= 15 is 0 Å². The first-order valence-corrected chi connectivity index (χ1v) is 12.5. The van der Waals surface area contributed by atoms with Gasteiger partial charge < -0.3 is 14.8 Å². The molecule has 1 atom stereocenters. The van der Waals surface area contributed by atoms with Gasteiger partial charge in [0, 0.05) is 16.3 Å². The van der Waals surface area contributed by atoms with Gasteiger partial charge in [0.15, 0.2) is 11.5 Å². The number of hydrogen-bond acceptors (Lipinski definition) is 6. The lowest BCUT2D eigenvalue weighted by molar-refractivity contribution is -0.115. The number of methoxy groups -OCH3 is 2. The van der Waals surface area contributed by atoms with E-state index in [0.717, 1.165) is 10.5 Å². The van der Waals surface area contributed by atoms with Crippen molar-refractivity contribution in [1.82, 2.24) is 0 Å². The molecule has 3 aromatic carbocycles. The van der Waals surface area contributed by atoms with E-state index in [0.29, 0.717) is 22.9 Å². The van der Waals surface area contributed by atoms with Crippen molar-refractivity contribution >= 4 is 39.1 Å². The van der Waals surface area contributed by atoms with Gasteiger partial charge in [0.25, 0.3) is 10.0 Å². The van der Waals surface area contributed by atoms with Crippen molar-refractivity contribution in [3.8, 4) is 11.5 Å². The van der Waals surface area contributed by atoms with E-state index in [2.05, 4.69) is 10.0 Å². The quantitative estimate of drug-likeness (QED) is 0.417. The van der Waals surface area contributed by atoms with Gasteiger partial charge in [0.05, 0.1) is 24.4 Å².